The Kier molecular flexibility index (Phi) is 26.0. The molecule has 0 saturated carbocycles. The Labute approximate surface area is 115 Å². The molecule has 116 valence electrons. The Morgan fingerprint density at radius 1 is 0.579 bits per heavy atom. The van der Waals surface area contributed by atoms with Crippen molar-refractivity contribution >= 4 is 12.3 Å². The first-order valence-corrected chi connectivity index (χ1v) is 6.72. The van der Waals surface area contributed by atoms with Crippen molar-refractivity contribution in [1.29, 1.82) is 0 Å². The van der Waals surface area contributed by atoms with E-state index in [1.54, 1.807) is 0 Å². The molecular formula is C13H28O6. The van der Waals surface area contributed by atoms with Crippen LogP contribution in [0.25, 0.3) is 0 Å². The summed E-state index contributed by atoms with van der Waals surface area (Å²) in [7, 11) is 0. The van der Waals surface area contributed by atoms with Crippen LogP contribution >= 0.6 is 0 Å². The number of unbranched alkanes of at least 4 members (excludes halogenated alkanes) is 8. The van der Waals surface area contributed by atoms with Crippen LogP contribution in [0, 0.1) is 0 Å². The van der Waals surface area contributed by atoms with Crippen molar-refractivity contribution in [3.8, 4) is 0 Å². The van der Waals surface area contributed by atoms with Gasteiger partial charge in [0.2, 0.25) is 0 Å². The van der Waals surface area contributed by atoms with Gasteiger partial charge < -0.3 is 20.4 Å². The molecule has 0 aromatic carbocycles. The molecule has 0 radical (unpaired) electrons. The fourth-order valence-corrected chi connectivity index (χ4v) is 1.38. The van der Waals surface area contributed by atoms with Gasteiger partial charge in [0.1, 0.15) is 0 Å². The second-order valence-electron chi connectivity index (χ2n) is 4.04. The Balaban J connectivity index is -0.000000264. The number of rotatable bonds is 8. The highest BCUT2D eigenvalue weighted by molar-refractivity contribution is 5.53. The van der Waals surface area contributed by atoms with E-state index in [4.69, 9.17) is 30.0 Å². The molecule has 0 bridgehead atoms. The molecule has 0 aliphatic carbocycles. The van der Waals surface area contributed by atoms with Gasteiger partial charge in [-0.05, 0) is 0 Å². The number of hydrogen-bond donors (Lipinski definition) is 4. The lowest BCUT2D eigenvalue weighted by molar-refractivity contribution is 0.135. The van der Waals surface area contributed by atoms with Crippen LogP contribution in [0.1, 0.15) is 71.6 Å². The molecule has 0 rings (SSSR count). The van der Waals surface area contributed by atoms with Crippen molar-refractivity contribution in [2.45, 2.75) is 71.6 Å². The number of carboxylic acid groups (broad SMARTS) is 4. The van der Waals surface area contributed by atoms with Crippen LogP contribution in [-0.4, -0.2) is 32.7 Å². The summed E-state index contributed by atoms with van der Waals surface area (Å²) < 4.78 is 0. The molecule has 0 heterocycles. The van der Waals surface area contributed by atoms with Gasteiger partial charge in [0.05, 0.1) is 0 Å². The molecule has 0 aliphatic rings. The molecule has 0 fully saturated rings. The second-order valence-corrected chi connectivity index (χ2v) is 4.04. The van der Waals surface area contributed by atoms with E-state index >= 15 is 0 Å². The smallest absolute Gasteiger partial charge is 0.450 e. The van der Waals surface area contributed by atoms with E-state index in [1.165, 1.54) is 57.8 Å². The van der Waals surface area contributed by atoms with Gasteiger partial charge in [0, 0.05) is 0 Å². The molecule has 0 saturated heterocycles. The average molecular weight is 280 g/mol. The summed E-state index contributed by atoms with van der Waals surface area (Å²) in [6.07, 6.45) is 9.28. The van der Waals surface area contributed by atoms with Crippen LogP contribution in [0.2, 0.25) is 0 Å². The highest BCUT2D eigenvalue weighted by Gasteiger charge is 1.89. The summed E-state index contributed by atoms with van der Waals surface area (Å²) in [5.74, 6) is 0. The van der Waals surface area contributed by atoms with Crippen LogP contribution in [-0.2, 0) is 0 Å². The van der Waals surface area contributed by atoms with E-state index in [0.717, 1.165) is 0 Å². The highest BCUT2D eigenvalue weighted by Crippen LogP contribution is 2.08. The van der Waals surface area contributed by atoms with Crippen molar-refractivity contribution in [1.82, 2.24) is 0 Å². The highest BCUT2D eigenvalue weighted by atomic mass is 16.6. The van der Waals surface area contributed by atoms with Crippen LogP contribution in [0.5, 0.6) is 0 Å². The Hall–Kier alpha value is -1.46. The standard InChI is InChI=1S/C11H24.2CH2O3/c1-3-5-7-9-11-10-8-6-4-2;2*2-1(3)4/h3-11H2,1-2H3;2*(H2,2,3,4). The largest absolute Gasteiger partial charge is 0.503 e. The van der Waals surface area contributed by atoms with Gasteiger partial charge in [0.15, 0.2) is 0 Å². The van der Waals surface area contributed by atoms with Crippen molar-refractivity contribution in [3.63, 3.8) is 0 Å². The summed E-state index contributed by atoms with van der Waals surface area (Å²) in [6, 6.07) is 0. The lowest BCUT2D eigenvalue weighted by atomic mass is 10.1. The monoisotopic (exact) mass is 280 g/mol. The van der Waals surface area contributed by atoms with Gasteiger partial charge >= 0.3 is 12.3 Å². The van der Waals surface area contributed by atoms with Crippen LogP contribution in [0.15, 0.2) is 0 Å². The fraction of sp³-hybridized carbons (Fsp3) is 0.846. The maximum absolute atomic E-state index is 8.56. The third-order valence-corrected chi connectivity index (χ3v) is 2.21. The first-order valence-electron chi connectivity index (χ1n) is 6.72. The molecule has 0 aromatic heterocycles. The first kappa shape index (κ1) is 22.7. The first-order chi connectivity index (χ1) is 8.88. The predicted octanol–water partition coefficient (Wildman–Crippen LogP) is 4.98. The zero-order valence-corrected chi connectivity index (χ0v) is 12.0. The topological polar surface area (TPSA) is 115 Å². The normalized spacial score (nSPS) is 8.53. The van der Waals surface area contributed by atoms with Crippen molar-refractivity contribution < 1.29 is 30.0 Å². The lowest BCUT2D eigenvalue weighted by Gasteiger charge is -1.98. The van der Waals surface area contributed by atoms with Gasteiger partial charge in [-0.25, -0.2) is 9.59 Å². The van der Waals surface area contributed by atoms with Gasteiger partial charge in [0.25, 0.3) is 0 Å². The van der Waals surface area contributed by atoms with Gasteiger partial charge in [-0.2, -0.15) is 0 Å². The predicted molar refractivity (Wildman–Crippen MR) is 74.2 cm³/mol. The summed E-state index contributed by atoms with van der Waals surface area (Å²) in [5.41, 5.74) is 0. The minimum atomic E-state index is -1.83. The van der Waals surface area contributed by atoms with E-state index in [-0.39, 0.29) is 0 Å². The molecular weight excluding hydrogens is 252 g/mol. The van der Waals surface area contributed by atoms with Crippen LogP contribution in [0.3, 0.4) is 0 Å². The lowest BCUT2D eigenvalue weighted by Crippen LogP contribution is -1.81. The number of hydrogen-bond acceptors (Lipinski definition) is 2. The number of carbonyl (C=O) groups is 2. The van der Waals surface area contributed by atoms with E-state index in [1.807, 2.05) is 0 Å². The van der Waals surface area contributed by atoms with Crippen molar-refractivity contribution in [2.24, 2.45) is 0 Å². The van der Waals surface area contributed by atoms with E-state index in [0.29, 0.717) is 0 Å². The molecule has 4 N–H and O–H groups in total. The third kappa shape index (κ3) is 81.8. The Bertz CT molecular complexity index is 166. The van der Waals surface area contributed by atoms with Gasteiger partial charge in [-0.1, -0.05) is 71.6 Å². The van der Waals surface area contributed by atoms with Gasteiger partial charge in [-0.15, -0.1) is 0 Å². The Morgan fingerprint density at radius 3 is 0.895 bits per heavy atom. The molecule has 19 heavy (non-hydrogen) atoms. The zero-order valence-electron chi connectivity index (χ0n) is 12.0. The quantitative estimate of drug-likeness (QED) is 0.466. The minimum Gasteiger partial charge on any atom is -0.450 e. The molecule has 0 atom stereocenters. The molecule has 6 heteroatoms. The molecule has 0 unspecified atom stereocenters. The summed E-state index contributed by atoms with van der Waals surface area (Å²) in [4.78, 5) is 17.1. The van der Waals surface area contributed by atoms with Crippen molar-refractivity contribution in [2.75, 3.05) is 0 Å². The fourth-order valence-electron chi connectivity index (χ4n) is 1.38. The van der Waals surface area contributed by atoms with Gasteiger partial charge in [-0.3, -0.25) is 0 Å². The molecule has 0 aromatic rings. The third-order valence-electron chi connectivity index (χ3n) is 2.21. The minimum absolute atomic E-state index is 1.37. The summed E-state index contributed by atoms with van der Waals surface area (Å²) in [6.45, 7) is 4.55. The SMILES string of the molecule is CCCCCCCCCCC.O=C(O)O.O=C(O)O. The maximum Gasteiger partial charge on any atom is 0.503 e. The molecule has 0 spiro atoms. The molecule has 0 amide bonds. The molecule has 0 aliphatic heterocycles. The van der Waals surface area contributed by atoms with Crippen LogP contribution < -0.4 is 0 Å². The van der Waals surface area contributed by atoms with E-state index in [2.05, 4.69) is 13.8 Å². The summed E-state index contributed by atoms with van der Waals surface area (Å²) >= 11 is 0. The molecule has 6 nitrogen and oxygen atoms in total. The van der Waals surface area contributed by atoms with E-state index < -0.39 is 12.3 Å². The maximum atomic E-state index is 8.56. The summed E-state index contributed by atoms with van der Waals surface area (Å²) in [5, 5.41) is 27.9. The Morgan fingerprint density at radius 2 is 0.737 bits per heavy atom. The van der Waals surface area contributed by atoms with Crippen LogP contribution in [0.4, 0.5) is 9.59 Å². The second kappa shape index (κ2) is 21.8. The van der Waals surface area contributed by atoms with Crippen molar-refractivity contribution in [3.05, 3.63) is 0 Å². The van der Waals surface area contributed by atoms with E-state index in [9.17, 15) is 0 Å². The average Bonchev–Trinajstić information content (AvgIpc) is 2.26. The zero-order chi connectivity index (χ0) is 15.5.